The van der Waals surface area contributed by atoms with Crippen LogP contribution in [0.4, 0.5) is 0 Å². The fourth-order valence-corrected chi connectivity index (χ4v) is 1.83. The lowest BCUT2D eigenvalue weighted by Gasteiger charge is -2.08. The SMILES string of the molecule is CCOc1ccc2c(c1)CCCNC2=O. The van der Waals surface area contributed by atoms with Gasteiger partial charge in [0.05, 0.1) is 6.61 Å². The fourth-order valence-electron chi connectivity index (χ4n) is 1.83. The van der Waals surface area contributed by atoms with Gasteiger partial charge >= 0.3 is 0 Å². The second-order valence-electron chi connectivity index (χ2n) is 3.61. The Hall–Kier alpha value is -1.51. The highest BCUT2D eigenvalue weighted by Gasteiger charge is 2.15. The third-order valence-electron chi connectivity index (χ3n) is 2.54. The minimum absolute atomic E-state index is 0.0329. The molecule has 0 saturated heterocycles. The summed E-state index contributed by atoms with van der Waals surface area (Å²) in [5.74, 6) is 0.886. The summed E-state index contributed by atoms with van der Waals surface area (Å²) in [5.41, 5.74) is 1.88. The highest BCUT2D eigenvalue weighted by molar-refractivity contribution is 5.96. The number of ether oxygens (including phenoxy) is 1. The van der Waals surface area contributed by atoms with E-state index in [4.69, 9.17) is 4.74 Å². The summed E-state index contributed by atoms with van der Waals surface area (Å²) in [6, 6.07) is 5.68. The number of carbonyl (C=O) groups is 1. The predicted octanol–water partition coefficient (Wildman–Crippen LogP) is 1.76. The number of amides is 1. The van der Waals surface area contributed by atoms with Gasteiger partial charge in [-0.25, -0.2) is 0 Å². The van der Waals surface area contributed by atoms with E-state index in [1.54, 1.807) is 0 Å². The molecule has 0 bridgehead atoms. The Labute approximate surface area is 89.4 Å². The first-order chi connectivity index (χ1) is 7.31. The van der Waals surface area contributed by atoms with Crippen molar-refractivity contribution in [2.75, 3.05) is 13.2 Å². The van der Waals surface area contributed by atoms with E-state index in [9.17, 15) is 4.79 Å². The zero-order valence-electron chi connectivity index (χ0n) is 8.88. The molecule has 1 N–H and O–H groups in total. The summed E-state index contributed by atoms with van der Waals surface area (Å²) in [6.07, 6.45) is 1.93. The van der Waals surface area contributed by atoms with Crippen LogP contribution in [0.5, 0.6) is 5.75 Å². The largest absolute Gasteiger partial charge is 0.494 e. The molecule has 1 heterocycles. The van der Waals surface area contributed by atoms with Crippen LogP contribution in [0.25, 0.3) is 0 Å². The molecular formula is C12H15NO2. The van der Waals surface area contributed by atoms with Gasteiger partial charge in [0.2, 0.25) is 0 Å². The number of hydrogen-bond acceptors (Lipinski definition) is 2. The van der Waals surface area contributed by atoms with E-state index in [2.05, 4.69) is 5.32 Å². The maximum Gasteiger partial charge on any atom is 0.251 e. The van der Waals surface area contributed by atoms with E-state index in [0.29, 0.717) is 6.61 Å². The van der Waals surface area contributed by atoms with Gasteiger partial charge in [0.15, 0.2) is 0 Å². The monoisotopic (exact) mass is 205 g/mol. The van der Waals surface area contributed by atoms with Crippen LogP contribution in [0.1, 0.15) is 29.3 Å². The highest BCUT2D eigenvalue weighted by atomic mass is 16.5. The average molecular weight is 205 g/mol. The molecule has 1 aliphatic rings. The van der Waals surface area contributed by atoms with E-state index in [-0.39, 0.29) is 5.91 Å². The van der Waals surface area contributed by atoms with Gasteiger partial charge in [-0.2, -0.15) is 0 Å². The molecular weight excluding hydrogens is 190 g/mol. The van der Waals surface area contributed by atoms with Crippen molar-refractivity contribution in [3.05, 3.63) is 29.3 Å². The smallest absolute Gasteiger partial charge is 0.251 e. The van der Waals surface area contributed by atoms with Gasteiger partial charge in [-0.05, 0) is 43.5 Å². The molecule has 1 amide bonds. The fraction of sp³-hybridized carbons (Fsp3) is 0.417. The molecule has 1 aromatic carbocycles. The molecule has 80 valence electrons. The predicted molar refractivity (Wildman–Crippen MR) is 58.3 cm³/mol. The molecule has 0 unspecified atom stereocenters. The maximum atomic E-state index is 11.6. The van der Waals surface area contributed by atoms with Gasteiger partial charge in [0, 0.05) is 12.1 Å². The van der Waals surface area contributed by atoms with Crippen molar-refractivity contribution in [2.24, 2.45) is 0 Å². The molecule has 0 aliphatic carbocycles. The van der Waals surface area contributed by atoms with Crippen molar-refractivity contribution < 1.29 is 9.53 Å². The van der Waals surface area contributed by atoms with Crippen molar-refractivity contribution >= 4 is 5.91 Å². The summed E-state index contributed by atoms with van der Waals surface area (Å²) in [4.78, 5) is 11.6. The normalized spacial score (nSPS) is 15.1. The lowest BCUT2D eigenvalue weighted by Crippen LogP contribution is -2.22. The van der Waals surface area contributed by atoms with Crippen LogP contribution in [0.2, 0.25) is 0 Å². The summed E-state index contributed by atoms with van der Waals surface area (Å²) in [7, 11) is 0. The van der Waals surface area contributed by atoms with Crippen LogP contribution in [-0.4, -0.2) is 19.1 Å². The maximum absolute atomic E-state index is 11.6. The Bertz CT molecular complexity index is 374. The molecule has 1 aromatic rings. The van der Waals surface area contributed by atoms with Gasteiger partial charge in [-0.1, -0.05) is 0 Å². The van der Waals surface area contributed by atoms with Crippen LogP contribution in [0, 0.1) is 0 Å². The second kappa shape index (κ2) is 4.34. The van der Waals surface area contributed by atoms with Gasteiger partial charge < -0.3 is 10.1 Å². The van der Waals surface area contributed by atoms with Gasteiger partial charge in [0.25, 0.3) is 5.91 Å². The highest BCUT2D eigenvalue weighted by Crippen LogP contribution is 2.20. The van der Waals surface area contributed by atoms with Crippen molar-refractivity contribution in [1.29, 1.82) is 0 Å². The molecule has 0 saturated carbocycles. The quantitative estimate of drug-likeness (QED) is 0.799. The molecule has 2 rings (SSSR count). The average Bonchev–Trinajstić information content (AvgIpc) is 2.41. The summed E-state index contributed by atoms with van der Waals surface area (Å²) in [5, 5.41) is 2.87. The Morgan fingerprint density at radius 2 is 2.33 bits per heavy atom. The van der Waals surface area contributed by atoms with E-state index < -0.39 is 0 Å². The Morgan fingerprint density at radius 3 is 3.13 bits per heavy atom. The van der Waals surface area contributed by atoms with Crippen LogP contribution in [-0.2, 0) is 6.42 Å². The minimum atomic E-state index is 0.0329. The van der Waals surface area contributed by atoms with Crippen LogP contribution in [0.3, 0.4) is 0 Å². The number of benzene rings is 1. The number of nitrogens with one attached hydrogen (secondary N) is 1. The molecule has 3 nitrogen and oxygen atoms in total. The molecule has 3 heteroatoms. The Balaban J connectivity index is 2.33. The number of carbonyl (C=O) groups excluding carboxylic acids is 1. The van der Waals surface area contributed by atoms with Gasteiger partial charge in [0.1, 0.15) is 5.75 Å². The number of fused-ring (bicyclic) bond motifs is 1. The lowest BCUT2D eigenvalue weighted by atomic mass is 10.0. The van der Waals surface area contributed by atoms with E-state index >= 15 is 0 Å². The summed E-state index contributed by atoms with van der Waals surface area (Å²) in [6.45, 7) is 3.38. The van der Waals surface area contributed by atoms with E-state index in [1.807, 2.05) is 25.1 Å². The topological polar surface area (TPSA) is 38.3 Å². The Kier molecular flexibility index (Phi) is 2.90. The first kappa shape index (κ1) is 10.0. The molecule has 0 spiro atoms. The van der Waals surface area contributed by atoms with E-state index in [1.165, 1.54) is 0 Å². The van der Waals surface area contributed by atoms with Crippen LogP contribution in [0.15, 0.2) is 18.2 Å². The summed E-state index contributed by atoms with van der Waals surface area (Å²) >= 11 is 0. The van der Waals surface area contributed by atoms with Crippen LogP contribution >= 0.6 is 0 Å². The Morgan fingerprint density at radius 1 is 1.47 bits per heavy atom. The molecule has 0 radical (unpaired) electrons. The molecule has 1 aliphatic heterocycles. The lowest BCUT2D eigenvalue weighted by molar-refractivity contribution is 0.0956. The molecule has 0 aromatic heterocycles. The van der Waals surface area contributed by atoms with Gasteiger partial charge in [-0.3, -0.25) is 4.79 Å². The van der Waals surface area contributed by atoms with Crippen molar-refractivity contribution in [2.45, 2.75) is 19.8 Å². The van der Waals surface area contributed by atoms with Crippen molar-refractivity contribution in [3.8, 4) is 5.75 Å². The van der Waals surface area contributed by atoms with Gasteiger partial charge in [-0.15, -0.1) is 0 Å². The van der Waals surface area contributed by atoms with E-state index in [0.717, 1.165) is 36.3 Å². The first-order valence-corrected chi connectivity index (χ1v) is 5.35. The third kappa shape index (κ3) is 2.12. The zero-order valence-corrected chi connectivity index (χ0v) is 8.88. The molecule has 0 atom stereocenters. The number of rotatable bonds is 2. The van der Waals surface area contributed by atoms with Crippen molar-refractivity contribution in [3.63, 3.8) is 0 Å². The summed E-state index contributed by atoms with van der Waals surface area (Å²) < 4.78 is 5.42. The number of hydrogen-bond donors (Lipinski definition) is 1. The molecule has 15 heavy (non-hydrogen) atoms. The standard InChI is InChI=1S/C12H15NO2/c1-2-15-10-5-6-11-9(8-10)4-3-7-13-12(11)14/h5-6,8H,2-4,7H2,1H3,(H,13,14). The first-order valence-electron chi connectivity index (χ1n) is 5.35. The minimum Gasteiger partial charge on any atom is -0.494 e. The second-order valence-corrected chi connectivity index (χ2v) is 3.61. The molecule has 0 fully saturated rings. The third-order valence-corrected chi connectivity index (χ3v) is 2.54. The van der Waals surface area contributed by atoms with Crippen molar-refractivity contribution in [1.82, 2.24) is 5.32 Å². The van der Waals surface area contributed by atoms with Crippen LogP contribution < -0.4 is 10.1 Å². The zero-order chi connectivity index (χ0) is 10.7. The number of aryl methyl sites for hydroxylation is 1.